The van der Waals surface area contributed by atoms with E-state index in [1.165, 1.54) is 0 Å². The monoisotopic (exact) mass is 714 g/mol. The van der Waals surface area contributed by atoms with Crippen LogP contribution in [0.5, 0.6) is 23.0 Å². The zero-order chi connectivity index (χ0) is 33.8. The maximum atomic E-state index is 6.14. The number of thiazole rings is 2. The molecule has 0 saturated carbocycles. The molecular weight excluding hydrogens is 677 g/mol. The molecule has 10 nitrogen and oxygen atoms in total. The molecule has 6 aromatic rings. The first-order valence-corrected chi connectivity index (χ1v) is 18.3. The molecule has 0 amide bonds. The van der Waals surface area contributed by atoms with E-state index in [4.69, 9.17) is 47.9 Å². The van der Waals surface area contributed by atoms with E-state index in [2.05, 4.69) is 12.1 Å². The van der Waals surface area contributed by atoms with Gasteiger partial charge in [-0.3, -0.25) is 0 Å². The van der Waals surface area contributed by atoms with Gasteiger partial charge in [0, 0.05) is 11.1 Å². The van der Waals surface area contributed by atoms with Crippen molar-refractivity contribution in [3.63, 3.8) is 0 Å². The first-order valence-electron chi connectivity index (χ1n) is 16.6. The standard InChI is InChI=1S/C38H38N2O8S2/c1-3-7-35-29(5-1)39-37(49-35)27-9-11-31-33(25-27)47-23-19-43-15-13-42-18-22-46-32-12-10-28(38-40-30-6-2-4-8-36(30)50-38)26-34(32)48-24-20-44-16-14-41-17-21-45-31/h1-12,25-26H,13-24H2. The molecular formula is C38H38N2O8S2. The Balaban J connectivity index is 0.955. The molecule has 0 aliphatic carbocycles. The van der Waals surface area contributed by atoms with Crippen LogP contribution in [0, 0.1) is 0 Å². The van der Waals surface area contributed by atoms with E-state index in [1.807, 2.05) is 72.8 Å². The number of benzene rings is 4. The molecule has 12 heteroatoms. The van der Waals surface area contributed by atoms with E-state index in [1.54, 1.807) is 22.7 Å². The summed E-state index contributed by atoms with van der Waals surface area (Å²) < 4.78 is 49.8. The Bertz CT molecular complexity index is 1770. The van der Waals surface area contributed by atoms with Gasteiger partial charge in [-0.05, 0) is 60.7 Å². The Morgan fingerprint density at radius 3 is 1.14 bits per heavy atom. The van der Waals surface area contributed by atoms with Gasteiger partial charge in [0.15, 0.2) is 23.0 Å². The van der Waals surface area contributed by atoms with E-state index < -0.39 is 0 Å². The second kappa shape index (κ2) is 17.6. The molecule has 0 atom stereocenters. The maximum absolute atomic E-state index is 6.14. The fraction of sp³-hybridized carbons (Fsp3) is 0.316. The van der Waals surface area contributed by atoms with Crippen molar-refractivity contribution >= 4 is 43.1 Å². The van der Waals surface area contributed by atoms with Crippen LogP contribution < -0.4 is 18.9 Å². The van der Waals surface area contributed by atoms with Gasteiger partial charge < -0.3 is 37.9 Å². The number of nitrogens with zero attached hydrogens (tertiary/aromatic N) is 2. The quantitative estimate of drug-likeness (QED) is 0.179. The largest absolute Gasteiger partial charge is 0.487 e. The van der Waals surface area contributed by atoms with Crippen LogP contribution in [-0.4, -0.2) is 89.3 Å². The van der Waals surface area contributed by atoms with Gasteiger partial charge in [0.25, 0.3) is 0 Å². The lowest BCUT2D eigenvalue weighted by atomic mass is 10.2. The van der Waals surface area contributed by atoms with Crippen LogP contribution in [0.4, 0.5) is 0 Å². The Hall–Kier alpha value is -4.30. The highest BCUT2D eigenvalue weighted by molar-refractivity contribution is 7.22. The molecule has 4 aromatic carbocycles. The topological polar surface area (TPSA) is 99.6 Å². The summed E-state index contributed by atoms with van der Waals surface area (Å²) in [4.78, 5) is 9.59. The lowest BCUT2D eigenvalue weighted by molar-refractivity contribution is 0.0223. The molecule has 50 heavy (non-hydrogen) atoms. The lowest BCUT2D eigenvalue weighted by Crippen LogP contribution is -2.15. The molecule has 0 N–H and O–H groups in total. The minimum absolute atomic E-state index is 0.354. The Kier molecular flexibility index (Phi) is 12.0. The van der Waals surface area contributed by atoms with Crippen molar-refractivity contribution in [1.29, 1.82) is 0 Å². The smallest absolute Gasteiger partial charge is 0.161 e. The Labute approximate surface area is 298 Å². The van der Waals surface area contributed by atoms with Gasteiger partial charge in [-0.25, -0.2) is 9.97 Å². The van der Waals surface area contributed by atoms with Crippen LogP contribution >= 0.6 is 22.7 Å². The van der Waals surface area contributed by atoms with Gasteiger partial charge in [0.2, 0.25) is 0 Å². The molecule has 2 aromatic heterocycles. The summed E-state index contributed by atoms with van der Waals surface area (Å²) in [6, 6.07) is 28.0. The van der Waals surface area contributed by atoms with Gasteiger partial charge in [0.1, 0.15) is 36.4 Å². The van der Waals surface area contributed by atoms with Crippen LogP contribution in [0.15, 0.2) is 84.9 Å². The third kappa shape index (κ3) is 9.08. The van der Waals surface area contributed by atoms with E-state index in [-0.39, 0.29) is 0 Å². The molecule has 0 unspecified atom stereocenters. The third-order valence-electron chi connectivity index (χ3n) is 7.65. The van der Waals surface area contributed by atoms with E-state index in [0.717, 1.165) is 41.6 Å². The summed E-state index contributed by atoms with van der Waals surface area (Å²) in [6.07, 6.45) is 0. The zero-order valence-corrected chi connectivity index (χ0v) is 29.2. The van der Waals surface area contributed by atoms with E-state index in [9.17, 15) is 0 Å². The second-order valence-corrected chi connectivity index (χ2v) is 13.2. The number of hydrogen-bond acceptors (Lipinski definition) is 12. The van der Waals surface area contributed by atoms with Gasteiger partial charge in [-0.15, -0.1) is 22.7 Å². The van der Waals surface area contributed by atoms with Crippen molar-refractivity contribution < 1.29 is 37.9 Å². The molecule has 0 saturated heterocycles. The third-order valence-corrected chi connectivity index (χ3v) is 9.83. The summed E-state index contributed by atoms with van der Waals surface area (Å²) in [7, 11) is 0. The summed E-state index contributed by atoms with van der Waals surface area (Å²) in [5.41, 5.74) is 3.88. The molecule has 260 valence electrons. The highest BCUT2D eigenvalue weighted by atomic mass is 32.1. The van der Waals surface area contributed by atoms with Crippen molar-refractivity contribution in [3.8, 4) is 44.1 Å². The number of hydrogen-bond donors (Lipinski definition) is 0. The number of aromatic nitrogens is 2. The van der Waals surface area contributed by atoms with Crippen LogP contribution in [-0.2, 0) is 18.9 Å². The number of fused-ring (bicyclic) bond motifs is 4. The molecule has 0 bridgehead atoms. The number of para-hydroxylation sites is 2. The minimum atomic E-state index is 0.354. The first kappa shape index (κ1) is 34.2. The van der Waals surface area contributed by atoms with Gasteiger partial charge >= 0.3 is 0 Å². The normalized spacial score (nSPS) is 16.2. The van der Waals surface area contributed by atoms with Gasteiger partial charge in [-0.2, -0.15) is 0 Å². The first-order chi connectivity index (χ1) is 24.8. The predicted molar refractivity (Wildman–Crippen MR) is 195 cm³/mol. The Morgan fingerprint density at radius 2 is 0.740 bits per heavy atom. The molecule has 7 rings (SSSR count). The Morgan fingerprint density at radius 1 is 0.380 bits per heavy atom. The van der Waals surface area contributed by atoms with Crippen LogP contribution in [0.25, 0.3) is 41.6 Å². The van der Waals surface area contributed by atoms with Crippen molar-refractivity contribution in [2.45, 2.75) is 0 Å². The fourth-order valence-electron chi connectivity index (χ4n) is 5.22. The summed E-state index contributed by atoms with van der Waals surface area (Å²) in [6.45, 7) is 4.77. The predicted octanol–water partition coefficient (Wildman–Crippen LogP) is 7.54. The van der Waals surface area contributed by atoms with Crippen molar-refractivity contribution in [2.75, 3.05) is 79.3 Å². The maximum Gasteiger partial charge on any atom is 0.161 e. The molecule has 0 radical (unpaired) electrons. The molecule has 0 spiro atoms. The van der Waals surface area contributed by atoms with Gasteiger partial charge in [-0.1, -0.05) is 24.3 Å². The zero-order valence-electron chi connectivity index (χ0n) is 27.5. The number of rotatable bonds is 2. The minimum Gasteiger partial charge on any atom is -0.487 e. The molecule has 3 heterocycles. The lowest BCUT2D eigenvalue weighted by Gasteiger charge is -2.15. The molecule has 0 fully saturated rings. The van der Waals surface area contributed by atoms with E-state index in [0.29, 0.717) is 102 Å². The highest BCUT2D eigenvalue weighted by Gasteiger charge is 2.14. The van der Waals surface area contributed by atoms with Crippen molar-refractivity contribution in [2.24, 2.45) is 0 Å². The van der Waals surface area contributed by atoms with Crippen LogP contribution in [0.2, 0.25) is 0 Å². The summed E-state index contributed by atoms with van der Waals surface area (Å²) in [5, 5.41) is 1.84. The van der Waals surface area contributed by atoms with Crippen LogP contribution in [0.3, 0.4) is 0 Å². The summed E-state index contributed by atoms with van der Waals surface area (Å²) in [5.74, 6) is 2.53. The van der Waals surface area contributed by atoms with E-state index >= 15 is 0 Å². The van der Waals surface area contributed by atoms with Crippen molar-refractivity contribution in [1.82, 2.24) is 9.97 Å². The summed E-state index contributed by atoms with van der Waals surface area (Å²) >= 11 is 3.29. The SMILES string of the molecule is c1ccc2sc(-c3ccc4c(c3)OCCOCCOCCOc3ccc(-c5nc6ccccc6s5)cc3OCCOCCOCCO4)nc2c1. The van der Waals surface area contributed by atoms with Crippen LogP contribution in [0.1, 0.15) is 0 Å². The fourth-order valence-corrected chi connectivity index (χ4v) is 7.15. The average molecular weight is 715 g/mol. The van der Waals surface area contributed by atoms with Crippen molar-refractivity contribution in [3.05, 3.63) is 84.9 Å². The molecule has 1 aliphatic heterocycles. The average Bonchev–Trinajstić information content (AvgIpc) is 3.78. The molecule has 1 aliphatic rings. The number of ether oxygens (including phenoxy) is 8. The highest BCUT2D eigenvalue weighted by Crippen LogP contribution is 2.37. The van der Waals surface area contributed by atoms with Gasteiger partial charge in [0.05, 0.1) is 73.3 Å². The second-order valence-electron chi connectivity index (χ2n) is 11.1.